The molecule has 0 amide bonds. The molecule has 0 aromatic carbocycles. The van der Waals surface area contributed by atoms with Gasteiger partial charge in [0.25, 0.3) is 0 Å². The lowest BCUT2D eigenvalue weighted by molar-refractivity contribution is 0.225. The van der Waals surface area contributed by atoms with Gasteiger partial charge in [0.2, 0.25) is 0 Å². The fraction of sp³-hybridized carbons (Fsp3) is 0.800. The highest BCUT2D eigenvalue weighted by atomic mass is 16.5. The van der Waals surface area contributed by atoms with Crippen LogP contribution in [-0.4, -0.2) is 6.61 Å². The topological polar surface area (TPSA) is 9.23 Å². The molecule has 0 saturated heterocycles. The molecule has 0 aromatic heterocycles. The summed E-state index contributed by atoms with van der Waals surface area (Å²) < 4.78 is 5.31. The highest BCUT2D eigenvalue weighted by molar-refractivity contribution is 4.81. The lowest BCUT2D eigenvalue weighted by Gasteiger charge is -2.09. The molecule has 1 heteroatoms. The van der Waals surface area contributed by atoms with Crippen LogP contribution in [0.4, 0.5) is 0 Å². The maximum atomic E-state index is 5.31. The van der Waals surface area contributed by atoms with Crippen LogP contribution >= 0.6 is 0 Å². The maximum absolute atomic E-state index is 5.31. The van der Waals surface area contributed by atoms with Gasteiger partial charge in [-0.15, -0.1) is 0 Å². The lowest BCUT2D eigenvalue weighted by atomic mass is 9.96. The highest BCUT2D eigenvalue weighted by Crippen LogP contribution is 2.17. The van der Waals surface area contributed by atoms with E-state index in [-0.39, 0.29) is 0 Å². The summed E-state index contributed by atoms with van der Waals surface area (Å²) in [5.74, 6) is 1.52. The van der Waals surface area contributed by atoms with Crippen LogP contribution in [0.5, 0.6) is 0 Å². The number of allylic oxidation sites excluding steroid dienone is 1. The van der Waals surface area contributed by atoms with Crippen molar-refractivity contribution in [1.29, 1.82) is 0 Å². The van der Waals surface area contributed by atoms with Crippen LogP contribution in [0, 0.1) is 11.8 Å². The molecule has 1 aliphatic rings. The molecule has 1 rings (SSSR count). The van der Waals surface area contributed by atoms with Gasteiger partial charge in [-0.2, -0.15) is 0 Å². The van der Waals surface area contributed by atoms with E-state index >= 15 is 0 Å². The molecule has 0 spiro atoms. The molecule has 1 nitrogen and oxygen atoms in total. The summed E-state index contributed by atoms with van der Waals surface area (Å²) >= 11 is 0. The smallest absolute Gasteiger partial charge is 0.0875 e. The van der Waals surface area contributed by atoms with Crippen molar-refractivity contribution in [2.24, 2.45) is 11.8 Å². The van der Waals surface area contributed by atoms with Gasteiger partial charge in [0, 0.05) is 0 Å². The van der Waals surface area contributed by atoms with Gasteiger partial charge in [-0.1, -0.05) is 20.3 Å². The van der Waals surface area contributed by atoms with E-state index in [9.17, 15) is 0 Å². The second kappa shape index (κ2) is 4.42. The van der Waals surface area contributed by atoms with Crippen LogP contribution in [0.25, 0.3) is 0 Å². The van der Waals surface area contributed by atoms with Gasteiger partial charge in [0.15, 0.2) is 0 Å². The first kappa shape index (κ1) is 8.63. The molecular weight excluding hydrogens is 136 g/mol. The van der Waals surface area contributed by atoms with E-state index in [1.54, 1.807) is 0 Å². The fourth-order valence-electron chi connectivity index (χ4n) is 1.31. The van der Waals surface area contributed by atoms with Crippen molar-refractivity contribution < 1.29 is 4.74 Å². The van der Waals surface area contributed by atoms with Gasteiger partial charge < -0.3 is 4.74 Å². The fourth-order valence-corrected chi connectivity index (χ4v) is 1.31. The molecule has 0 fully saturated rings. The Morgan fingerprint density at radius 2 is 2.00 bits per heavy atom. The molecule has 1 aliphatic heterocycles. The van der Waals surface area contributed by atoms with E-state index in [4.69, 9.17) is 4.74 Å². The van der Waals surface area contributed by atoms with Crippen LogP contribution in [0.15, 0.2) is 12.3 Å². The molecule has 0 radical (unpaired) electrons. The van der Waals surface area contributed by atoms with Crippen LogP contribution in [-0.2, 0) is 4.74 Å². The highest BCUT2D eigenvalue weighted by Gasteiger charge is 2.06. The van der Waals surface area contributed by atoms with Crippen molar-refractivity contribution in [3.8, 4) is 0 Å². The van der Waals surface area contributed by atoms with Gasteiger partial charge >= 0.3 is 0 Å². The largest absolute Gasteiger partial charge is 0.502 e. The molecule has 0 bridgehead atoms. The second-order valence-electron chi connectivity index (χ2n) is 3.65. The zero-order chi connectivity index (χ0) is 8.10. The molecule has 0 N–H and O–H groups in total. The maximum Gasteiger partial charge on any atom is 0.0875 e. The first-order valence-electron chi connectivity index (χ1n) is 4.57. The monoisotopic (exact) mass is 154 g/mol. The third-order valence-electron chi connectivity index (χ3n) is 2.35. The average Bonchev–Trinajstić information content (AvgIpc) is 2.06. The Balaban J connectivity index is 2.36. The Labute approximate surface area is 69.4 Å². The summed E-state index contributed by atoms with van der Waals surface area (Å²) in [4.78, 5) is 0. The number of rotatable bonds is 0. The lowest BCUT2D eigenvalue weighted by Crippen LogP contribution is -1.99. The molecular formula is C10H18O. The van der Waals surface area contributed by atoms with E-state index in [2.05, 4.69) is 19.9 Å². The van der Waals surface area contributed by atoms with Crippen molar-refractivity contribution in [3.05, 3.63) is 12.3 Å². The van der Waals surface area contributed by atoms with Crippen LogP contribution in [0.2, 0.25) is 0 Å². The van der Waals surface area contributed by atoms with Crippen LogP contribution < -0.4 is 0 Å². The standard InChI is InChI=1S/C10H18O/c1-9-3-4-10(2)6-8-11-7-5-9/h5,7,9-10H,3-4,6,8H2,1-2H3/b7-5+. The van der Waals surface area contributed by atoms with Gasteiger partial charge in [-0.3, -0.25) is 0 Å². The van der Waals surface area contributed by atoms with Crippen molar-refractivity contribution >= 4 is 0 Å². The zero-order valence-electron chi connectivity index (χ0n) is 7.55. The molecule has 0 aromatic rings. The van der Waals surface area contributed by atoms with E-state index in [1.165, 1.54) is 19.3 Å². The second-order valence-corrected chi connectivity index (χ2v) is 3.65. The van der Waals surface area contributed by atoms with Gasteiger partial charge in [-0.05, 0) is 30.8 Å². The summed E-state index contributed by atoms with van der Waals surface area (Å²) in [6.07, 6.45) is 7.88. The Hall–Kier alpha value is -0.460. The van der Waals surface area contributed by atoms with Gasteiger partial charge in [-0.25, -0.2) is 0 Å². The minimum Gasteiger partial charge on any atom is -0.502 e. The molecule has 0 aliphatic carbocycles. The van der Waals surface area contributed by atoms with Gasteiger partial charge in [0.1, 0.15) is 0 Å². The number of hydrogen-bond acceptors (Lipinski definition) is 1. The normalized spacial score (nSPS) is 36.2. The quantitative estimate of drug-likeness (QED) is 0.521. The zero-order valence-corrected chi connectivity index (χ0v) is 7.55. The molecule has 64 valence electrons. The molecule has 1 heterocycles. The van der Waals surface area contributed by atoms with Crippen LogP contribution in [0.1, 0.15) is 33.1 Å². The third kappa shape index (κ3) is 3.45. The van der Waals surface area contributed by atoms with E-state index in [0.29, 0.717) is 5.92 Å². The first-order valence-corrected chi connectivity index (χ1v) is 4.57. The average molecular weight is 154 g/mol. The number of hydrogen-bond donors (Lipinski definition) is 0. The van der Waals surface area contributed by atoms with Gasteiger partial charge in [0.05, 0.1) is 12.9 Å². The molecule has 2 atom stereocenters. The predicted octanol–water partition coefficient (Wildman–Crippen LogP) is 2.97. The summed E-state index contributed by atoms with van der Waals surface area (Å²) in [6.45, 7) is 5.45. The Bertz CT molecular complexity index is 129. The predicted molar refractivity (Wildman–Crippen MR) is 47.3 cm³/mol. The van der Waals surface area contributed by atoms with Crippen molar-refractivity contribution in [2.45, 2.75) is 33.1 Å². The summed E-state index contributed by atoms with van der Waals surface area (Å²) in [6, 6.07) is 0. The minimum absolute atomic E-state index is 0.690. The van der Waals surface area contributed by atoms with E-state index in [0.717, 1.165) is 12.5 Å². The summed E-state index contributed by atoms with van der Waals surface area (Å²) in [7, 11) is 0. The molecule has 11 heavy (non-hydrogen) atoms. The molecule has 2 unspecified atom stereocenters. The first-order chi connectivity index (χ1) is 5.29. The Morgan fingerprint density at radius 1 is 1.18 bits per heavy atom. The Kier molecular flexibility index (Phi) is 3.47. The third-order valence-corrected chi connectivity index (χ3v) is 2.35. The summed E-state index contributed by atoms with van der Waals surface area (Å²) in [5, 5.41) is 0. The summed E-state index contributed by atoms with van der Waals surface area (Å²) in [5.41, 5.74) is 0. The molecule has 0 saturated carbocycles. The van der Waals surface area contributed by atoms with Crippen molar-refractivity contribution in [3.63, 3.8) is 0 Å². The van der Waals surface area contributed by atoms with Crippen molar-refractivity contribution in [2.75, 3.05) is 6.61 Å². The van der Waals surface area contributed by atoms with E-state index in [1.807, 2.05) is 6.26 Å². The minimum atomic E-state index is 0.690. The van der Waals surface area contributed by atoms with Crippen LogP contribution in [0.3, 0.4) is 0 Å². The van der Waals surface area contributed by atoms with E-state index < -0.39 is 0 Å². The Morgan fingerprint density at radius 3 is 2.82 bits per heavy atom. The van der Waals surface area contributed by atoms with Crippen molar-refractivity contribution in [1.82, 2.24) is 0 Å². The SMILES string of the molecule is CC1/C=C/OCCC(C)CC1. The number of ether oxygens (including phenoxy) is 1.